The zero-order valence-corrected chi connectivity index (χ0v) is 16.6. The van der Waals surface area contributed by atoms with Crippen molar-refractivity contribution < 1.29 is 19.4 Å². The van der Waals surface area contributed by atoms with Gasteiger partial charge in [-0.3, -0.25) is 15.0 Å². The van der Waals surface area contributed by atoms with Crippen LogP contribution in [0.5, 0.6) is 0 Å². The number of aliphatic carboxylic acids is 1. The summed E-state index contributed by atoms with van der Waals surface area (Å²) in [6.45, 7) is 5.45. The molecule has 1 saturated heterocycles. The summed E-state index contributed by atoms with van der Waals surface area (Å²) in [7, 11) is 2.05. The van der Waals surface area contributed by atoms with Gasteiger partial charge in [-0.15, -0.1) is 0 Å². The highest BCUT2D eigenvalue weighted by atomic mass is 16.6. The van der Waals surface area contributed by atoms with Gasteiger partial charge in [-0.25, -0.2) is 4.79 Å². The quantitative estimate of drug-likeness (QED) is 0.825. The highest BCUT2D eigenvalue weighted by Crippen LogP contribution is 2.46. The number of carbonyl (C=O) groups excluding carboxylic acids is 1. The average Bonchev–Trinajstić information content (AvgIpc) is 3.03. The molecule has 2 fully saturated rings. The normalized spacial score (nSPS) is 28.4. The average molecular weight is 374 g/mol. The van der Waals surface area contributed by atoms with E-state index >= 15 is 0 Å². The Morgan fingerprint density at radius 3 is 2.44 bits per heavy atom. The van der Waals surface area contributed by atoms with Gasteiger partial charge in [0, 0.05) is 17.8 Å². The van der Waals surface area contributed by atoms with Gasteiger partial charge in [-0.1, -0.05) is 18.6 Å². The number of carboxylic acids is 1. The van der Waals surface area contributed by atoms with E-state index in [1.165, 1.54) is 6.42 Å². The molecule has 1 amide bonds. The number of nitrogens with zero attached hydrogens (tertiary/aromatic N) is 1. The van der Waals surface area contributed by atoms with Crippen molar-refractivity contribution in [1.82, 2.24) is 4.90 Å². The summed E-state index contributed by atoms with van der Waals surface area (Å²) in [5.41, 5.74) is 1.06. The van der Waals surface area contributed by atoms with Gasteiger partial charge in [0.05, 0.1) is 5.92 Å². The van der Waals surface area contributed by atoms with Crippen LogP contribution in [0.4, 0.5) is 10.5 Å². The highest BCUT2D eigenvalue weighted by Gasteiger charge is 2.46. The molecule has 1 aliphatic heterocycles. The van der Waals surface area contributed by atoms with Crippen molar-refractivity contribution in [3.63, 3.8) is 0 Å². The summed E-state index contributed by atoms with van der Waals surface area (Å²) < 4.78 is 5.27. The SMILES string of the molecule is CN1C2CCCC2CC(C(=O)O)C1c1ccc(NC(=O)OC(C)(C)C)cc1. The minimum absolute atomic E-state index is 0.141. The summed E-state index contributed by atoms with van der Waals surface area (Å²) >= 11 is 0. The van der Waals surface area contributed by atoms with Gasteiger partial charge < -0.3 is 9.84 Å². The smallest absolute Gasteiger partial charge is 0.412 e. The van der Waals surface area contributed by atoms with E-state index in [-0.39, 0.29) is 6.04 Å². The van der Waals surface area contributed by atoms with Gasteiger partial charge in [-0.05, 0) is 70.7 Å². The molecule has 0 bridgehead atoms. The maximum Gasteiger partial charge on any atom is 0.412 e. The lowest BCUT2D eigenvalue weighted by atomic mass is 9.77. The third-order valence-corrected chi connectivity index (χ3v) is 5.73. The van der Waals surface area contributed by atoms with E-state index in [4.69, 9.17) is 4.74 Å². The first-order valence-corrected chi connectivity index (χ1v) is 9.70. The fourth-order valence-corrected chi connectivity index (χ4v) is 4.66. The van der Waals surface area contributed by atoms with Crippen molar-refractivity contribution in [2.45, 2.75) is 64.1 Å². The topological polar surface area (TPSA) is 78.9 Å². The summed E-state index contributed by atoms with van der Waals surface area (Å²) in [6.07, 6.45) is 3.69. The lowest BCUT2D eigenvalue weighted by Crippen LogP contribution is -2.48. The second-order valence-electron chi connectivity index (χ2n) is 8.80. The van der Waals surface area contributed by atoms with Crippen LogP contribution in [0.25, 0.3) is 0 Å². The summed E-state index contributed by atoms with van der Waals surface area (Å²) in [5, 5.41) is 12.5. The zero-order chi connectivity index (χ0) is 19.8. The lowest BCUT2D eigenvalue weighted by Gasteiger charge is -2.45. The predicted molar refractivity (Wildman–Crippen MR) is 104 cm³/mol. The number of hydrogen-bond acceptors (Lipinski definition) is 4. The van der Waals surface area contributed by atoms with Crippen LogP contribution in [-0.2, 0) is 9.53 Å². The molecule has 0 spiro atoms. The molecule has 2 N–H and O–H groups in total. The molecule has 4 atom stereocenters. The Morgan fingerprint density at radius 1 is 1.19 bits per heavy atom. The molecule has 6 heteroatoms. The number of hydrogen-bond donors (Lipinski definition) is 2. The van der Waals surface area contributed by atoms with Crippen LogP contribution in [0.3, 0.4) is 0 Å². The third-order valence-electron chi connectivity index (χ3n) is 5.73. The molecule has 6 nitrogen and oxygen atoms in total. The molecule has 0 aromatic heterocycles. The van der Waals surface area contributed by atoms with Crippen molar-refractivity contribution in [1.29, 1.82) is 0 Å². The summed E-state index contributed by atoms with van der Waals surface area (Å²) in [5.74, 6) is -0.646. The minimum atomic E-state index is -0.729. The molecular weight excluding hydrogens is 344 g/mol. The minimum Gasteiger partial charge on any atom is -0.481 e. The van der Waals surface area contributed by atoms with E-state index in [2.05, 4.69) is 17.3 Å². The Kier molecular flexibility index (Phi) is 5.47. The zero-order valence-electron chi connectivity index (χ0n) is 16.6. The summed E-state index contributed by atoms with van der Waals surface area (Å²) in [4.78, 5) is 26.1. The molecular formula is C21H30N2O4. The first kappa shape index (κ1) is 19.7. The van der Waals surface area contributed by atoms with Gasteiger partial charge in [0.1, 0.15) is 5.60 Å². The van der Waals surface area contributed by atoms with Crippen molar-refractivity contribution in [2.75, 3.05) is 12.4 Å². The Labute approximate surface area is 160 Å². The van der Waals surface area contributed by atoms with Crippen LogP contribution >= 0.6 is 0 Å². The van der Waals surface area contributed by atoms with Crippen LogP contribution in [-0.4, -0.2) is 40.8 Å². The van der Waals surface area contributed by atoms with Crippen LogP contribution in [0.2, 0.25) is 0 Å². The molecule has 1 aromatic rings. The number of nitrogens with one attached hydrogen (secondary N) is 1. The molecule has 2 aliphatic rings. The fraction of sp³-hybridized carbons (Fsp3) is 0.619. The molecule has 1 aliphatic carbocycles. The molecule has 0 radical (unpaired) electrons. The van der Waals surface area contributed by atoms with Crippen LogP contribution in [0, 0.1) is 11.8 Å². The maximum absolute atomic E-state index is 11.9. The Balaban J connectivity index is 1.76. The molecule has 3 rings (SSSR count). The number of rotatable bonds is 3. The van der Waals surface area contributed by atoms with E-state index in [0.29, 0.717) is 17.6 Å². The maximum atomic E-state index is 11.9. The molecule has 27 heavy (non-hydrogen) atoms. The number of carbonyl (C=O) groups is 2. The van der Waals surface area contributed by atoms with Crippen LogP contribution in [0.1, 0.15) is 58.1 Å². The van der Waals surface area contributed by atoms with Gasteiger partial charge in [0.2, 0.25) is 0 Å². The Hall–Kier alpha value is -2.08. The summed E-state index contributed by atoms with van der Waals surface area (Å²) in [6, 6.07) is 7.78. The van der Waals surface area contributed by atoms with Crippen molar-refractivity contribution >= 4 is 17.7 Å². The first-order chi connectivity index (χ1) is 12.7. The van der Waals surface area contributed by atoms with E-state index in [1.54, 1.807) is 0 Å². The molecule has 1 heterocycles. The molecule has 1 aromatic carbocycles. The van der Waals surface area contributed by atoms with Crippen LogP contribution < -0.4 is 5.32 Å². The number of piperidine rings is 1. The highest BCUT2D eigenvalue weighted by molar-refractivity contribution is 5.84. The standard InChI is InChI=1S/C21H30N2O4/c1-21(2,3)27-20(26)22-15-10-8-13(9-11-15)18-16(19(24)25)12-14-6-5-7-17(14)23(18)4/h8-11,14,16-18H,5-7,12H2,1-4H3,(H,22,26)(H,24,25). The van der Waals surface area contributed by atoms with Gasteiger partial charge in [0.25, 0.3) is 0 Å². The molecule has 148 valence electrons. The van der Waals surface area contributed by atoms with Crippen molar-refractivity contribution in [3.8, 4) is 0 Å². The van der Waals surface area contributed by atoms with E-state index in [1.807, 2.05) is 45.0 Å². The van der Waals surface area contributed by atoms with E-state index < -0.39 is 23.6 Å². The molecule has 4 unspecified atom stereocenters. The van der Waals surface area contributed by atoms with Gasteiger partial charge in [0.15, 0.2) is 0 Å². The number of likely N-dealkylation sites (tertiary alicyclic amines) is 1. The van der Waals surface area contributed by atoms with E-state index in [9.17, 15) is 14.7 Å². The number of fused-ring (bicyclic) bond motifs is 1. The Morgan fingerprint density at radius 2 is 1.85 bits per heavy atom. The van der Waals surface area contributed by atoms with Gasteiger partial charge >= 0.3 is 12.1 Å². The fourth-order valence-electron chi connectivity index (χ4n) is 4.66. The third kappa shape index (κ3) is 4.43. The predicted octanol–water partition coefficient (Wildman–Crippen LogP) is 4.28. The number of amides is 1. The van der Waals surface area contributed by atoms with Gasteiger partial charge in [-0.2, -0.15) is 0 Å². The number of ether oxygens (including phenoxy) is 1. The number of benzene rings is 1. The Bertz CT molecular complexity index is 695. The number of anilines is 1. The monoisotopic (exact) mass is 374 g/mol. The van der Waals surface area contributed by atoms with Crippen LogP contribution in [0.15, 0.2) is 24.3 Å². The second-order valence-corrected chi connectivity index (χ2v) is 8.80. The first-order valence-electron chi connectivity index (χ1n) is 9.70. The van der Waals surface area contributed by atoms with Crippen molar-refractivity contribution in [3.05, 3.63) is 29.8 Å². The second kappa shape index (κ2) is 7.50. The van der Waals surface area contributed by atoms with Crippen molar-refractivity contribution in [2.24, 2.45) is 11.8 Å². The number of carboxylic acid groups (broad SMARTS) is 1. The molecule has 1 saturated carbocycles. The lowest BCUT2D eigenvalue weighted by molar-refractivity contribution is -0.148. The van der Waals surface area contributed by atoms with E-state index in [0.717, 1.165) is 24.8 Å². The largest absolute Gasteiger partial charge is 0.481 e.